The van der Waals surface area contributed by atoms with E-state index in [1.165, 1.54) is 16.7 Å². The molecule has 0 atom stereocenters. The van der Waals surface area contributed by atoms with Gasteiger partial charge in [-0.25, -0.2) is 14.7 Å². The lowest BCUT2D eigenvalue weighted by molar-refractivity contribution is -0.432. The molecule has 1 aliphatic heterocycles. The van der Waals surface area contributed by atoms with Gasteiger partial charge in [-0.1, -0.05) is 0 Å². The molecule has 1 aromatic carbocycles. The van der Waals surface area contributed by atoms with Crippen LogP contribution in [0.1, 0.15) is 5.56 Å². The third-order valence-electron chi connectivity index (χ3n) is 2.60. The Hall–Kier alpha value is -2.70. The van der Waals surface area contributed by atoms with Gasteiger partial charge in [0.15, 0.2) is 5.70 Å². The van der Waals surface area contributed by atoms with E-state index in [-0.39, 0.29) is 17.6 Å². The molecule has 0 saturated carbocycles. The van der Waals surface area contributed by atoms with Crippen LogP contribution in [0.2, 0.25) is 0 Å². The molecule has 0 radical (unpaired) electrons. The molecular formula is C11H11N4O3+. The number of rotatable bonds is 2. The highest BCUT2D eigenvalue weighted by atomic mass is 16.6. The van der Waals surface area contributed by atoms with Crippen molar-refractivity contribution in [2.45, 2.75) is 0 Å². The quantitative estimate of drug-likeness (QED) is 0.333. The lowest BCUT2D eigenvalue weighted by atomic mass is 10.1. The number of benzene rings is 1. The van der Waals surface area contributed by atoms with E-state index in [1.807, 2.05) is 0 Å². The molecule has 1 aliphatic rings. The van der Waals surface area contributed by atoms with E-state index < -0.39 is 4.92 Å². The molecule has 1 amide bonds. The van der Waals surface area contributed by atoms with Gasteiger partial charge in [0.1, 0.15) is 0 Å². The Kier molecular flexibility index (Phi) is 2.80. The second kappa shape index (κ2) is 4.28. The number of guanidine groups is 1. The Morgan fingerprint density at radius 2 is 2.00 bits per heavy atom. The summed E-state index contributed by atoms with van der Waals surface area (Å²) in [5.74, 6) is -0.0403. The molecule has 7 heteroatoms. The van der Waals surface area contributed by atoms with Crippen molar-refractivity contribution >= 4 is 23.6 Å². The van der Waals surface area contributed by atoms with Crippen LogP contribution in [0.3, 0.4) is 0 Å². The van der Waals surface area contributed by atoms with E-state index in [2.05, 4.69) is 5.32 Å². The van der Waals surface area contributed by atoms with Gasteiger partial charge in [-0.2, -0.15) is 0 Å². The van der Waals surface area contributed by atoms with Crippen LogP contribution in [-0.4, -0.2) is 28.4 Å². The summed E-state index contributed by atoms with van der Waals surface area (Å²) in [4.78, 5) is 21.6. The summed E-state index contributed by atoms with van der Waals surface area (Å²) in [5, 5.41) is 13.0. The average Bonchev–Trinajstić information content (AvgIpc) is 2.57. The second-order valence-electron chi connectivity index (χ2n) is 3.78. The predicted octanol–water partition coefficient (Wildman–Crippen LogP) is 0.0225. The maximum atomic E-state index is 11.5. The van der Waals surface area contributed by atoms with Crippen LogP contribution >= 0.6 is 0 Å². The summed E-state index contributed by atoms with van der Waals surface area (Å²) in [7, 11) is 1.66. The van der Waals surface area contributed by atoms with Crippen LogP contribution in [0.5, 0.6) is 0 Å². The largest absolute Gasteiger partial charge is 0.356 e. The SMILES string of the molecule is C[N+]1=C(N)NC(=O)/C1=C\c1ccc([N+](=O)[O-])cc1. The van der Waals surface area contributed by atoms with Gasteiger partial charge < -0.3 is 0 Å². The molecule has 0 fully saturated rings. The van der Waals surface area contributed by atoms with E-state index in [1.54, 1.807) is 25.3 Å². The van der Waals surface area contributed by atoms with Crippen LogP contribution in [0, 0.1) is 10.1 Å². The minimum atomic E-state index is -0.475. The molecular weight excluding hydrogens is 236 g/mol. The van der Waals surface area contributed by atoms with Crippen LogP contribution in [0.4, 0.5) is 5.69 Å². The third kappa shape index (κ3) is 2.05. The van der Waals surface area contributed by atoms with Gasteiger partial charge in [0.05, 0.1) is 12.0 Å². The van der Waals surface area contributed by atoms with Crippen molar-refractivity contribution in [3.63, 3.8) is 0 Å². The molecule has 0 spiro atoms. The average molecular weight is 247 g/mol. The summed E-state index contributed by atoms with van der Waals surface area (Å²) in [6.07, 6.45) is 1.61. The third-order valence-corrected chi connectivity index (χ3v) is 2.60. The number of hydrogen-bond acceptors (Lipinski definition) is 4. The highest BCUT2D eigenvalue weighted by Gasteiger charge is 2.28. The van der Waals surface area contributed by atoms with Gasteiger partial charge in [-0.3, -0.25) is 15.8 Å². The van der Waals surface area contributed by atoms with Crippen LogP contribution in [0.25, 0.3) is 6.08 Å². The molecule has 3 N–H and O–H groups in total. The van der Waals surface area contributed by atoms with Gasteiger partial charge in [0.25, 0.3) is 5.69 Å². The predicted molar refractivity (Wildman–Crippen MR) is 64.6 cm³/mol. The number of amides is 1. The fourth-order valence-electron chi connectivity index (χ4n) is 1.56. The van der Waals surface area contributed by atoms with Gasteiger partial charge in [0.2, 0.25) is 0 Å². The number of non-ortho nitro benzene ring substituents is 1. The van der Waals surface area contributed by atoms with E-state index in [0.717, 1.165) is 0 Å². The lowest BCUT2D eigenvalue weighted by Crippen LogP contribution is -2.32. The van der Waals surface area contributed by atoms with Crippen molar-refractivity contribution in [3.05, 3.63) is 45.6 Å². The first kappa shape index (κ1) is 11.8. The molecule has 7 nitrogen and oxygen atoms in total. The first-order chi connectivity index (χ1) is 8.49. The Morgan fingerprint density at radius 1 is 1.39 bits per heavy atom. The standard InChI is InChI=1S/C11H10N4O3/c1-14-9(10(16)13-11(14)12)6-7-2-4-8(5-3-7)15(17)18/h2-6H,1H3,(H2,12,13,16)/p+1/b9-6+. The normalized spacial score (nSPS) is 17.2. The molecule has 18 heavy (non-hydrogen) atoms. The van der Waals surface area contributed by atoms with Gasteiger partial charge >= 0.3 is 11.9 Å². The maximum absolute atomic E-state index is 11.5. The second-order valence-corrected chi connectivity index (χ2v) is 3.78. The fraction of sp³-hybridized carbons (Fsp3) is 0.0909. The number of nitrogens with one attached hydrogen (secondary N) is 1. The van der Waals surface area contributed by atoms with E-state index in [0.29, 0.717) is 11.3 Å². The number of likely N-dealkylation sites (N-methyl/N-ethyl adjacent to an activating group) is 1. The molecule has 92 valence electrons. The topological polar surface area (TPSA) is 101 Å². The molecule has 1 heterocycles. The molecule has 1 aromatic rings. The monoisotopic (exact) mass is 247 g/mol. The Labute approximate surface area is 102 Å². The Bertz CT molecular complexity index is 587. The number of carbonyl (C=O) groups excluding carboxylic acids is 1. The minimum absolute atomic E-state index is 0.00690. The maximum Gasteiger partial charge on any atom is 0.356 e. The first-order valence-electron chi connectivity index (χ1n) is 5.12. The van der Waals surface area contributed by atoms with Crippen LogP contribution in [0.15, 0.2) is 30.0 Å². The van der Waals surface area contributed by atoms with Crippen molar-refractivity contribution in [2.24, 2.45) is 5.73 Å². The van der Waals surface area contributed by atoms with E-state index in [4.69, 9.17) is 5.73 Å². The summed E-state index contributed by atoms with van der Waals surface area (Å²) in [6.45, 7) is 0. The molecule has 0 aromatic heterocycles. The van der Waals surface area contributed by atoms with Gasteiger partial charge in [0, 0.05) is 12.1 Å². The summed E-state index contributed by atoms with van der Waals surface area (Å²) in [5.41, 5.74) is 6.64. The van der Waals surface area contributed by atoms with Crippen molar-refractivity contribution in [1.82, 2.24) is 5.32 Å². The van der Waals surface area contributed by atoms with Crippen molar-refractivity contribution in [3.8, 4) is 0 Å². The lowest BCUT2D eigenvalue weighted by Gasteiger charge is -1.97. The van der Waals surface area contributed by atoms with Gasteiger partial charge in [-0.05, 0) is 23.8 Å². The molecule has 2 rings (SSSR count). The molecule has 0 unspecified atom stereocenters. The van der Waals surface area contributed by atoms with Crippen molar-refractivity contribution in [1.29, 1.82) is 0 Å². The zero-order valence-corrected chi connectivity index (χ0v) is 9.58. The Morgan fingerprint density at radius 3 is 2.44 bits per heavy atom. The molecule has 0 aliphatic carbocycles. The number of nitrogens with zero attached hydrogens (tertiary/aromatic N) is 2. The number of nitro benzene ring substituents is 1. The van der Waals surface area contributed by atoms with Crippen molar-refractivity contribution in [2.75, 3.05) is 7.05 Å². The van der Waals surface area contributed by atoms with Crippen LogP contribution in [-0.2, 0) is 4.79 Å². The van der Waals surface area contributed by atoms with Crippen LogP contribution < -0.4 is 11.1 Å². The summed E-state index contributed by atoms with van der Waals surface area (Å²) >= 11 is 0. The van der Waals surface area contributed by atoms with Crippen molar-refractivity contribution < 1.29 is 14.3 Å². The molecule has 0 saturated heterocycles. The minimum Gasteiger partial charge on any atom is -0.290 e. The zero-order valence-electron chi connectivity index (χ0n) is 9.58. The van der Waals surface area contributed by atoms with Gasteiger partial charge in [-0.15, -0.1) is 0 Å². The fourth-order valence-corrected chi connectivity index (χ4v) is 1.56. The van der Waals surface area contributed by atoms with E-state index in [9.17, 15) is 14.9 Å². The molecule has 0 bridgehead atoms. The summed E-state index contributed by atoms with van der Waals surface area (Å²) < 4.78 is 1.52. The highest BCUT2D eigenvalue weighted by Crippen LogP contribution is 2.15. The number of nitrogens with two attached hydrogens (primary N) is 1. The number of nitro groups is 1. The number of carbonyl (C=O) groups is 1. The smallest absolute Gasteiger partial charge is 0.290 e. The highest BCUT2D eigenvalue weighted by molar-refractivity contribution is 6.08. The number of hydrogen-bond donors (Lipinski definition) is 2. The summed E-state index contributed by atoms with van der Waals surface area (Å²) in [6, 6.07) is 5.90. The zero-order chi connectivity index (χ0) is 13.3. The Balaban J connectivity index is 2.34. The van der Waals surface area contributed by atoms with E-state index >= 15 is 0 Å². The first-order valence-corrected chi connectivity index (χ1v) is 5.12.